The minimum atomic E-state index is -0.737. The summed E-state index contributed by atoms with van der Waals surface area (Å²) in [4.78, 5) is 8.08. The van der Waals surface area contributed by atoms with E-state index in [-0.39, 0.29) is 30.0 Å². The van der Waals surface area contributed by atoms with Crippen molar-refractivity contribution in [2.75, 3.05) is 12.3 Å². The molecular weight excluding hydrogens is 296 g/mol. The maximum Gasteiger partial charge on any atom is 0.147 e. The first-order chi connectivity index (χ1) is 9.65. The minimum Gasteiger partial charge on any atom is -0.412 e. The second kappa shape index (κ2) is 6.96. The summed E-state index contributed by atoms with van der Waals surface area (Å²) in [6, 6.07) is 0. The average Bonchev–Trinajstić information content (AvgIpc) is 3.00. The summed E-state index contributed by atoms with van der Waals surface area (Å²) in [7, 11) is 0. The Morgan fingerprint density at radius 3 is 2.64 bits per heavy atom. The Labute approximate surface area is 125 Å². The molecule has 1 saturated heterocycles. The fourth-order valence-corrected chi connectivity index (χ4v) is 2.58. The minimum absolute atomic E-state index is 0. The number of anilines is 1. The molecule has 0 unspecified atom stereocenters. The van der Waals surface area contributed by atoms with Gasteiger partial charge in [-0.25, -0.2) is 9.97 Å². The predicted molar refractivity (Wildman–Crippen MR) is 76.7 cm³/mol. The highest BCUT2D eigenvalue weighted by molar-refractivity contribution is 5.89. The highest BCUT2D eigenvalue weighted by Gasteiger charge is 2.35. The summed E-state index contributed by atoms with van der Waals surface area (Å²) in [6.07, 6.45) is 1.55. The zero-order valence-corrected chi connectivity index (χ0v) is 11.7. The molecule has 0 bridgehead atoms. The van der Waals surface area contributed by atoms with Crippen molar-refractivity contribution in [2.24, 2.45) is 0 Å². The van der Waals surface area contributed by atoms with Gasteiger partial charge < -0.3 is 41.3 Å². The van der Waals surface area contributed by atoms with Gasteiger partial charge in [-0.05, 0) is 0 Å². The van der Waals surface area contributed by atoms with Crippen molar-refractivity contribution in [1.82, 2.24) is 14.5 Å². The summed E-state index contributed by atoms with van der Waals surface area (Å²) < 4.78 is 7.30. The number of rotatable bonds is 3. The zero-order chi connectivity index (χ0) is 14.3. The highest BCUT2D eigenvalue weighted by Crippen LogP contribution is 2.33. The van der Waals surface area contributed by atoms with Gasteiger partial charge in [-0.3, -0.25) is 0 Å². The fourth-order valence-electron chi connectivity index (χ4n) is 2.58. The SMILES string of the molecule is Nc1ncnc2c1c(CO)cn2[C@H]1C[C@H](O)[C@@H](CO)O1.O.O. The molecule has 0 aromatic carbocycles. The van der Waals surface area contributed by atoms with Gasteiger partial charge in [-0.1, -0.05) is 0 Å². The van der Waals surface area contributed by atoms with Gasteiger partial charge in [0.2, 0.25) is 0 Å². The number of ether oxygens (including phenoxy) is 1. The first-order valence-corrected chi connectivity index (χ1v) is 6.30. The lowest BCUT2D eigenvalue weighted by atomic mass is 10.2. The summed E-state index contributed by atoms with van der Waals surface area (Å²) in [6.45, 7) is -0.444. The quantitative estimate of drug-likeness (QED) is 0.480. The van der Waals surface area contributed by atoms with Gasteiger partial charge in [0.25, 0.3) is 0 Å². The Morgan fingerprint density at radius 2 is 2.05 bits per heavy atom. The molecule has 10 heteroatoms. The molecule has 2 aromatic rings. The molecule has 3 rings (SSSR count). The van der Waals surface area contributed by atoms with E-state index in [0.29, 0.717) is 23.0 Å². The molecule has 3 heterocycles. The van der Waals surface area contributed by atoms with E-state index in [9.17, 15) is 10.2 Å². The van der Waals surface area contributed by atoms with E-state index in [0.717, 1.165) is 0 Å². The number of nitrogens with zero attached hydrogens (tertiary/aromatic N) is 3. The van der Waals surface area contributed by atoms with E-state index in [2.05, 4.69) is 9.97 Å². The average molecular weight is 316 g/mol. The molecule has 3 atom stereocenters. The zero-order valence-electron chi connectivity index (χ0n) is 11.7. The monoisotopic (exact) mass is 316 g/mol. The van der Waals surface area contributed by atoms with E-state index in [1.165, 1.54) is 6.33 Å². The number of aliphatic hydroxyl groups is 3. The molecule has 124 valence electrons. The van der Waals surface area contributed by atoms with Crippen molar-refractivity contribution in [3.8, 4) is 0 Å². The molecule has 0 saturated carbocycles. The largest absolute Gasteiger partial charge is 0.412 e. The van der Waals surface area contributed by atoms with E-state index in [1.54, 1.807) is 10.8 Å². The van der Waals surface area contributed by atoms with Gasteiger partial charge in [0, 0.05) is 18.2 Å². The molecule has 0 spiro atoms. The van der Waals surface area contributed by atoms with Crippen molar-refractivity contribution in [3.63, 3.8) is 0 Å². The van der Waals surface area contributed by atoms with E-state index in [4.69, 9.17) is 15.6 Å². The van der Waals surface area contributed by atoms with Crippen LogP contribution in [-0.4, -0.2) is 59.6 Å². The van der Waals surface area contributed by atoms with Gasteiger partial charge in [0.05, 0.1) is 24.7 Å². The second-order valence-electron chi connectivity index (χ2n) is 4.79. The molecule has 10 nitrogen and oxygen atoms in total. The Morgan fingerprint density at radius 1 is 1.32 bits per heavy atom. The van der Waals surface area contributed by atoms with Crippen LogP contribution in [0.2, 0.25) is 0 Å². The summed E-state index contributed by atoms with van der Waals surface area (Å²) in [5.74, 6) is 0.287. The molecule has 1 aliphatic rings. The molecule has 9 N–H and O–H groups in total. The number of hydrogen-bond donors (Lipinski definition) is 4. The number of aromatic nitrogens is 3. The third-order valence-electron chi connectivity index (χ3n) is 3.58. The topological polar surface area (TPSA) is 190 Å². The summed E-state index contributed by atoms with van der Waals surface area (Å²) in [5, 5.41) is 28.9. The number of fused-ring (bicyclic) bond motifs is 1. The third kappa shape index (κ3) is 2.75. The van der Waals surface area contributed by atoms with Crippen LogP contribution in [0.15, 0.2) is 12.5 Å². The molecule has 2 aromatic heterocycles. The van der Waals surface area contributed by atoms with Crippen LogP contribution in [0, 0.1) is 0 Å². The number of aliphatic hydroxyl groups excluding tert-OH is 3. The Kier molecular flexibility index (Phi) is 5.77. The van der Waals surface area contributed by atoms with E-state index >= 15 is 0 Å². The Hall–Kier alpha value is -1.82. The maximum atomic E-state index is 9.81. The molecule has 22 heavy (non-hydrogen) atoms. The number of nitrogen functional groups attached to an aromatic ring is 1. The number of nitrogens with two attached hydrogens (primary N) is 1. The molecule has 0 amide bonds. The Bertz CT molecular complexity index is 633. The van der Waals surface area contributed by atoms with Gasteiger partial charge in [-0.15, -0.1) is 0 Å². The lowest BCUT2D eigenvalue weighted by Crippen LogP contribution is -2.24. The fraction of sp³-hybridized carbons (Fsp3) is 0.500. The first-order valence-electron chi connectivity index (χ1n) is 6.30. The van der Waals surface area contributed by atoms with Gasteiger partial charge >= 0.3 is 0 Å². The summed E-state index contributed by atoms with van der Waals surface area (Å²) >= 11 is 0. The summed E-state index contributed by atoms with van der Waals surface area (Å²) in [5.41, 5.74) is 6.96. The smallest absolute Gasteiger partial charge is 0.147 e. The van der Waals surface area contributed by atoms with Crippen LogP contribution in [0.25, 0.3) is 11.0 Å². The van der Waals surface area contributed by atoms with Gasteiger partial charge in [0.1, 0.15) is 30.1 Å². The van der Waals surface area contributed by atoms with Crippen LogP contribution in [-0.2, 0) is 11.3 Å². The lowest BCUT2D eigenvalue weighted by molar-refractivity contribution is -0.0431. The van der Waals surface area contributed by atoms with Crippen molar-refractivity contribution in [3.05, 3.63) is 18.1 Å². The molecule has 1 fully saturated rings. The van der Waals surface area contributed by atoms with Crippen LogP contribution in [0.3, 0.4) is 0 Å². The van der Waals surface area contributed by atoms with Crippen LogP contribution in [0.1, 0.15) is 18.2 Å². The van der Waals surface area contributed by atoms with Crippen LogP contribution in [0.4, 0.5) is 5.82 Å². The van der Waals surface area contributed by atoms with E-state index in [1.807, 2.05) is 0 Å². The maximum absolute atomic E-state index is 9.81. The predicted octanol–water partition coefficient (Wildman–Crippen LogP) is -2.50. The molecule has 0 aliphatic carbocycles. The normalized spacial score (nSPS) is 24.0. The second-order valence-corrected chi connectivity index (χ2v) is 4.79. The number of hydrogen-bond acceptors (Lipinski definition) is 7. The molecular formula is C12H20N4O6. The lowest BCUT2D eigenvalue weighted by Gasteiger charge is -2.14. The van der Waals surface area contributed by atoms with Gasteiger partial charge in [0.15, 0.2) is 0 Å². The van der Waals surface area contributed by atoms with Crippen LogP contribution >= 0.6 is 0 Å². The van der Waals surface area contributed by atoms with Crippen LogP contribution in [0.5, 0.6) is 0 Å². The van der Waals surface area contributed by atoms with Crippen molar-refractivity contribution in [2.45, 2.75) is 31.5 Å². The molecule has 1 aliphatic heterocycles. The van der Waals surface area contributed by atoms with Crippen molar-refractivity contribution >= 4 is 16.9 Å². The third-order valence-corrected chi connectivity index (χ3v) is 3.58. The van der Waals surface area contributed by atoms with Gasteiger partial charge in [-0.2, -0.15) is 0 Å². The van der Waals surface area contributed by atoms with Crippen molar-refractivity contribution < 1.29 is 31.0 Å². The van der Waals surface area contributed by atoms with E-state index < -0.39 is 18.4 Å². The standard InChI is InChI=1S/C12H16N4O4.2H2O/c13-11-10-6(3-17)2-16(12(10)15-5-14-11)9-1-7(19)8(4-18)20-9;;/h2,5,7-9,17-19H,1,3-4H2,(H2,13,14,15);2*1H2/t7-,8+,9+;;/m0../s1. The highest BCUT2D eigenvalue weighted by atomic mass is 16.5. The Balaban J connectivity index is 0.00000121. The van der Waals surface area contributed by atoms with Crippen molar-refractivity contribution in [1.29, 1.82) is 0 Å². The first kappa shape index (κ1) is 18.2. The van der Waals surface area contributed by atoms with Crippen LogP contribution < -0.4 is 5.73 Å². The molecule has 0 radical (unpaired) electrons.